The Bertz CT molecular complexity index is 957. The zero-order chi connectivity index (χ0) is 17.9. The fourth-order valence-electron chi connectivity index (χ4n) is 3.64. The van der Waals surface area contributed by atoms with E-state index in [0.29, 0.717) is 6.54 Å². The van der Waals surface area contributed by atoms with Crippen LogP contribution in [0.15, 0.2) is 59.5 Å². The largest absolute Gasteiger partial charge is 0.369 e. The van der Waals surface area contributed by atoms with Crippen LogP contribution in [0.5, 0.6) is 0 Å². The zero-order valence-electron chi connectivity index (χ0n) is 15.1. The van der Waals surface area contributed by atoms with Crippen molar-refractivity contribution in [2.24, 2.45) is 0 Å². The van der Waals surface area contributed by atoms with Gasteiger partial charge in [0.2, 0.25) is 0 Å². The molecule has 2 aromatic carbocycles. The minimum atomic E-state index is -0.0258. The molecule has 0 aliphatic carbocycles. The van der Waals surface area contributed by atoms with Crippen molar-refractivity contribution in [1.82, 2.24) is 14.5 Å². The van der Waals surface area contributed by atoms with E-state index in [-0.39, 0.29) is 5.56 Å². The summed E-state index contributed by atoms with van der Waals surface area (Å²) in [4.78, 5) is 21.4. The van der Waals surface area contributed by atoms with Crippen LogP contribution in [0.2, 0.25) is 0 Å². The van der Waals surface area contributed by atoms with Gasteiger partial charge in [0.15, 0.2) is 0 Å². The zero-order valence-corrected chi connectivity index (χ0v) is 15.1. The molecule has 0 atom stereocenters. The highest BCUT2D eigenvalue weighted by atomic mass is 16.1. The van der Waals surface area contributed by atoms with Gasteiger partial charge in [-0.05, 0) is 36.8 Å². The summed E-state index contributed by atoms with van der Waals surface area (Å²) >= 11 is 0. The van der Waals surface area contributed by atoms with Gasteiger partial charge in [-0.3, -0.25) is 9.69 Å². The smallest absolute Gasteiger partial charge is 0.269 e. The van der Waals surface area contributed by atoms with Crippen LogP contribution in [0.3, 0.4) is 0 Å². The number of piperazine rings is 1. The van der Waals surface area contributed by atoms with Gasteiger partial charge in [0.25, 0.3) is 5.56 Å². The number of nitrogens with zero attached hydrogens (tertiary/aromatic N) is 4. The highest BCUT2D eigenvalue weighted by Crippen LogP contribution is 2.18. The molecular formula is C21H24N4O. The van der Waals surface area contributed by atoms with Gasteiger partial charge < -0.3 is 9.47 Å². The topological polar surface area (TPSA) is 41.4 Å². The molecule has 0 unspecified atom stereocenters. The molecule has 0 amide bonds. The Hall–Kier alpha value is -2.66. The van der Waals surface area contributed by atoms with Gasteiger partial charge in [-0.1, -0.05) is 24.3 Å². The number of fused-ring (bicyclic) bond motifs is 1. The summed E-state index contributed by atoms with van der Waals surface area (Å²) in [5.41, 5.74) is 4.37. The van der Waals surface area contributed by atoms with Crippen LogP contribution in [0.1, 0.15) is 5.56 Å². The number of hydrogen-bond donors (Lipinski definition) is 0. The molecule has 0 spiro atoms. The Kier molecular flexibility index (Phi) is 4.71. The highest BCUT2D eigenvalue weighted by Gasteiger charge is 2.17. The first-order chi connectivity index (χ1) is 12.7. The molecule has 26 heavy (non-hydrogen) atoms. The molecule has 1 fully saturated rings. The number of benzene rings is 2. The summed E-state index contributed by atoms with van der Waals surface area (Å²) in [6.07, 6.45) is 1.43. The van der Waals surface area contributed by atoms with Crippen LogP contribution >= 0.6 is 0 Å². The summed E-state index contributed by atoms with van der Waals surface area (Å²) < 4.78 is 1.84. The van der Waals surface area contributed by atoms with Crippen LogP contribution in [-0.2, 0) is 6.54 Å². The molecule has 0 N–H and O–H groups in total. The third kappa shape index (κ3) is 3.48. The van der Waals surface area contributed by atoms with Gasteiger partial charge in [-0.25, -0.2) is 4.98 Å². The number of anilines is 1. The molecular weight excluding hydrogens is 324 g/mol. The monoisotopic (exact) mass is 348 g/mol. The lowest BCUT2D eigenvalue weighted by Crippen LogP contribution is -2.47. The predicted octanol–water partition coefficient (Wildman–Crippen LogP) is 2.53. The number of hydrogen-bond acceptors (Lipinski definition) is 4. The average Bonchev–Trinajstić information content (AvgIpc) is 2.68. The van der Waals surface area contributed by atoms with E-state index in [1.54, 1.807) is 0 Å². The SMILES string of the molecule is Cc1cccc(N2CCN(CCn3c(=O)cnc4ccccc43)CC2)c1. The van der Waals surface area contributed by atoms with Crippen molar-refractivity contribution in [3.05, 3.63) is 70.6 Å². The van der Waals surface area contributed by atoms with Crippen molar-refractivity contribution >= 4 is 16.7 Å². The van der Waals surface area contributed by atoms with Gasteiger partial charge in [-0.15, -0.1) is 0 Å². The van der Waals surface area contributed by atoms with Gasteiger partial charge >= 0.3 is 0 Å². The van der Waals surface area contributed by atoms with Crippen molar-refractivity contribution in [3.63, 3.8) is 0 Å². The Balaban J connectivity index is 1.40. The molecule has 134 valence electrons. The van der Waals surface area contributed by atoms with Crippen molar-refractivity contribution < 1.29 is 0 Å². The van der Waals surface area contributed by atoms with Crippen molar-refractivity contribution in [2.45, 2.75) is 13.5 Å². The van der Waals surface area contributed by atoms with E-state index in [1.165, 1.54) is 17.4 Å². The maximum Gasteiger partial charge on any atom is 0.269 e. The Morgan fingerprint density at radius 3 is 2.58 bits per heavy atom. The molecule has 5 nitrogen and oxygen atoms in total. The fourth-order valence-corrected chi connectivity index (χ4v) is 3.64. The molecule has 1 aliphatic heterocycles. The minimum Gasteiger partial charge on any atom is -0.369 e. The maximum atomic E-state index is 12.2. The van der Waals surface area contributed by atoms with Crippen LogP contribution in [0.25, 0.3) is 11.0 Å². The first-order valence-electron chi connectivity index (χ1n) is 9.19. The second kappa shape index (κ2) is 7.30. The number of rotatable bonds is 4. The van der Waals surface area contributed by atoms with E-state index >= 15 is 0 Å². The molecule has 1 aromatic heterocycles. The molecule has 1 aliphatic rings. The lowest BCUT2D eigenvalue weighted by molar-refractivity contribution is 0.248. The summed E-state index contributed by atoms with van der Waals surface area (Å²) in [6.45, 7) is 7.81. The number of aryl methyl sites for hydroxylation is 1. The molecule has 0 radical (unpaired) electrons. The summed E-state index contributed by atoms with van der Waals surface area (Å²) in [5.74, 6) is 0. The first kappa shape index (κ1) is 16.8. The lowest BCUT2D eigenvalue weighted by atomic mass is 10.2. The van der Waals surface area contributed by atoms with E-state index < -0.39 is 0 Å². The molecule has 1 saturated heterocycles. The van der Waals surface area contributed by atoms with Gasteiger partial charge in [0.1, 0.15) is 0 Å². The fraction of sp³-hybridized carbons (Fsp3) is 0.333. The van der Waals surface area contributed by atoms with Crippen LogP contribution < -0.4 is 10.5 Å². The Labute approximate surface area is 153 Å². The van der Waals surface area contributed by atoms with Crippen molar-refractivity contribution in [3.8, 4) is 0 Å². The second-order valence-corrected chi connectivity index (χ2v) is 6.90. The van der Waals surface area contributed by atoms with Crippen LogP contribution in [0.4, 0.5) is 5.69 Å². The Morgan fingerprint density at radius 1 is 0.962 bits per heavy atom. The van der Waals surface area contributed by atoms with E-state index in [1.807, 2.05) is 28.8 Å². The summed E-state index contributed by atoms with van der Waals surface area (Å²) in [7, 11) is 0. The third-order valence-corrected chi connectivity index (χ3v) is 5.13. The van der Waals surface area contributed by atoms with Crippen molar-refractivity contribution in [1.29, 1.82) is 0 Å². The molecule has 5 heteroatoms. The number of para-hydroxylation sites is 2. The highest BCUT2D eigenvalue weighted by molar-refractivity contribution is 5.74. The van der Waals surface area contributed by atoms with Gasteiger partial charge in [0, 0.05) is 45.0 Å². The standard InChI is InChI=1S/C21H24N4O/c1-17-5-4-6-18(15-17)24-12-9-23(10-13-24)11-14-25-20-8-3-2-7-19(20)22-16-21(25)26/h2-8,15-16H,9-14H2,1H3. The third-order valence-electron chi connectivity index (χ3n) is 5.13. The molecule has 0 bridgehead atoms. The molecule has 4 rings (SSSR count). The average molecular weight is 348 g/mol. The van der Waals surface area contributed by atoms with Crippen LogP contribution in [0, 0.1) is 6.92 Å². The van der Waals surface area contributed by atoms with E-state index in [9.17, 15) is 4.79 Å². The Morgan fingerprint density at radius 2 is 1.77 bits per heavy atom. The molecule has 3 aromatic rings. The van der Waals surface area contributed by atoms with E-state index in [0.717, 1.165) is 43.8 Å². The molecule has 0 saturated carbocycles. The van der Waals surface area contributed by atoms with Gasteiger partial charge in [-0.2, -0.15) is 0 Å². The summed E-state index contributed by atoms with van der Waals surface area (Å²) in [5, 5.41) is 0. The maximum absolute atomic E-state index is 12.2. The van der Waals surface area contributed by atoms with Crippen molar-refractivity contribution in [2.75, 3.05) is 37.6 Å². The van der Waals surface area contributed by atoms with E-state index in [2.05, 4.69) is 46.0 Å². The lowest BCUT2D eigenvalue weighted by Gasteiger charge is -2.36. The summed E-state index contributed by atoms with van der Waals surface area (Å²) in [6, 6.07) is 16.5. The minimum absolute atomic E-state index is 0.0258. The molecule has 2 heterocycles. The quantitative estimate of drug-likeness (QED) is 0.727. The van der Waals surface area contributed by atoms with E-state index in [4.69, 9.17) is 0 Å². The number of aromatic nitrogens is 2. The normalized spacial score (nSPS) is 15.5. The predicted molar refractivity (Wildman–Crippen MR) is 106 cm³/mol. The van der Waals surface area contributed by atoms with Gasteiger partial charge in [0.05, 0.1) is 17.2 Å². The van der Waals surface area contributed by atoms with Crippen LogP contribution in [-0.4, -0.2) is 47.2 Å². The second-order valence-electron chi connectivity index (χ2n) is 6.90. The first-order valence-corrected chi connectivity index (χ1v) is 9.19.